The first-order chi connectivity index (χ1) is 6.90. The lowest BCUT2D eigenvalue weighted by molar-refractivity contribution is 0.388. The molecule has 4 heteroatoms. The normalized spacial score (nSPS) is 10.1. The minimum atomic E-state index is 0.170. The Labute approximate surface area is 86.7 Å². The molecule has 0 amide bonds. The van der Waals surface area contributed by atoms with Crippen LogP contribution >= 0.6 is 11.6 Å². The SMILES string of the molecule is ClCOc1ccc(-c2ccn[nH]2)cc1. The Morgan fingerprint density at radius 2 is 2.00 bits per heavy atom. The summed E-state index contributed by atoms with van der Waals surface area (Å²) in [5.74, 6) is 0.767. The van der Waals surface area contributed by atoms with Gasteiger partial charge in [0.15, 0.2) is 6.07 Å². The zero-order valence-electron chi connectivity index (χ0n) is 7.40. The Bertz CT molecular complexity index is 383. The van der Waals surface area contributed by atoms with Crippen LogP contribution in [0.1, 0.15) is 0 Å². The third kappa shape index (κ3) is 1.88. The van der Waals surface area contributed by atoms with Crippen LogP contribution in [0.2, 0.25) is 0 Å². The lowest BCUT2D eigenvalue weighted by Gasteiger charge is -2.02. The third-order valence-corrected chi connectivity index (χ3v) is 2.00. The number of benzene rings is 1. The smallest absolute Gasteiger partial charge is 0.162 e. The molecule has 0 aliphatic rings. The Hall–Kier alpha value is -1.48. The van der Waals surface area contributed by atoms with E-state index in [9.17, 15) is 0 Å². The van der Waals surface area contributed by atoms with Crippen molar-refractivity contribution >= 4 is 11.6 Å². The Balaban J connectivity index is 2.22. The van der Waals surface area contributed by atoms with E-state index in [4.69, 9.17) is 16.3 Å². The van der Waals surface area contributed by atoms with Crippen molar-refractivity contribution in [2.24, 2.45) is 0 Å². The number of halogens is 1. The minimum Gasteiger partial charge on any atom is -0.478 e. The molecule has 1 N–H and O–H groups in total. The van der Waals surface area contributed by atoms with Crippen molar-refractivity contribution in [3.8, 4) is 17.0 Å². The molecular weight excluding hydrogens is 200 g/mol. The van der Waals surface area contributed by atoms with Crippen molar-refractivity contribution in [1.29, 1.82) is 0 Å². The van der Waals surface area contributed by atoms with Gasteiger partial charge in [-0.15, -0.1) is 0 Å². The first-order valence-corrected chi connectivity index (χ1v) is 4.72. The maximum atomic E-state index is 5.44. The van der Waals surface area contributed by atoms with E-state index in [0.717, 1.165) is 17.0 Å². The Kier molecular flexibility index (Phi) is 2.70. The number of aromatic amines is 1. The molecule has 1 heterocycles. The molecule has 0 radical (unpaired) electrons. The summed E-state index contributed by atoms with van der Waals surface area (Å²) in [6.07, 6.45) is 1.72. The van der Waals surface area contributed by atoms with Crippen LogP contribution in [0, 0.1) is 0 Å². The van der Waals surface area contributed by atoms with Gasteiger partial charge in [-0.1, -0.05) is 11.6 Å². The summed E-state index contributed by atoms with van der Waals surface area (Å²) in [5.41, 5.74) is 2.06. The van der Waals surface area contributed by atoms with E-state index in [0.29, 0.717) is 0 Å². The number of nitrogens with one attached hydrogen (secondary N) is 1. The molecule has 0 bridgehead atoms. The van der Waals surface area contributed by atoms with Crippen molar-refractivity contribution in [3.05, 3.63) is 36.5 Å². The summed E-state index contributed by atoms with van der Waals surface area (Å²) in [6, 6.07) is 9.74. The van der Waals surface area contributed by atoms with Crippen molar-refractivity contribution < 1.29 is 4.74 Å². The van der Waals surface area contributed by atoms with E-state index in [2.05, 4.69) is 10.2 Å². The van der Waals surface area contributed by atoms with E-state index in [1.807, 2.05) is 30.3 Å². The number of alkyl halides is 1. The molecule has 0 spiro atoms. The van der Waals surface area contributed by atoms with E-state index in [1.54, 1.807) is 6.20 Å². The molecule has 0 saturated heterocycles. The predicted octanol–water partition coefficient (Wildman–Crippen LogP) is 2.65. The molecule has 1 aromatic carbocycles. The average Bonchev–Trinajstić information content (AvgIpc) is 2.72. The van der Waals surface area contributed by atoms with Gasteiger partial charge in [0, 0.05) is 6.20 Å². The lowest BCUT2D eigenvalue weighted by Crippen LogP contribution is -1.88. The van der Waals surface area contributed by atoms with Crippen molar-refractivity contribution in [2.45, 2.75) is 0 Å². The lowest BCUT2D eigenvalue weighted by atomic mass is 10.1. The van der Waals surface area contributed by atoms with Crippen LogP contribution < -0.4 is 4.74 Å². The predicted molar refractivity (Wildman–Crippen MR) is 55.4 cm³/mol. The molecule has 0 aliphatic carbocycles. The van der Waals surface area contributed by atoms with Gasteiger partial charge in [-0.05, 0) is 35.9 Å². The van der Waals surface area contributed by atoms with Crippen LogP contribution in [0.25, 0.3) is 11.3 Å². The second-order valence-corrected chi connectivity index (χ2v) is 2.97. The number of aromatic nitrogens is 2. The number of nitrogens with zero attached hydrogens (tertiary/aromatic N) is 1. The highest BCUT2D eigenvalue weighted by Gasteiger charge is 1.98. The maximum absolute atomic E-state index is 5.44. The first-order valence-electron chi connectivity index (χ1n) is 4.19. The summed E-state index contributed by atoms with van der Waals surface area (Å²) in [7, 11) is 0. The molecule has 14 heavy (non-hydrogen) atoms. The third-order valence-electron chi connectivity index (χ3n) is 1.89. The van der Waals surface area contributed by atoms with Gasteiger partial charge in [0.25, 0.3) is 0 Å². The zero-order valence-corrected chi connectivity index (χ0v) is 8.16. The average molecular weight is 209 g/mol. The fourth-order valence-electron chi connectivity index (χ4n) is 1.21. The Morgan fingerprint density at radius 3 is 2.57 bits per heavy atom. The number of hydrogen-bond donors (Lipinski definition) is 1. The molecule has 0 fully saturated rings. The minimum absolute atomic E-state index is 0.170. The van der Waals surface area contributed by atoms with Gasteiger partial charge in [0.1, 0.15) is 5.75 Å². The molecule has 3 nitrogen and oxygen atoms in total. The highest BCUT2D eigenvalue weighted by molar-refractivity contribution is 6.17. The standard InChI is InChI=1S/C10H9ClN2O/c11-7-14-9-3-1-8(2-4-9)10-5-6-12-13-10/h1-6H,7H2,(H,12,13). The van der Waals surface area contributed by atoms with Gasteiger partial charge in [-0.2, -0.15) is 5.10 Å². The zero-order chi connectivity index (χ0) is 9.80. The van der Waals surface area contributed by atoms with Crippen molar-refractivity contribution in [2.75, 3.05) is 6.07 Å². The van der Waals surface area contributed by atoms with E-state index in [1.165, 1.54) is 0 Å². The number of ether oxygens (including phenoxy) is 1. The van der Waals surface area contributed by atoms with Crippen molar-refractivity contribution in [3.63, 3.8) is 0 Å². The quantitative estimate of drug-likeness (QED) is 0.788. The molecule has 0 aliphatic heterocycles. The van der Waals surface area contributed by atoms with Gasteiger partial charge in [-0.3, -0.25) is 5.10 Å². The van der Waals surface area contributed by atoms with Crippen LogP contribution in [0.3, 0.4) is 0 Å². The molecule has 2 rings (SSSR count). The van der Waals surface area contributed by atoms with E-state index >= 15 is 0 Å². The highest BCUT2D eigenvalue weighted by Crippen LogP contribution is 2.20. The van der Waals surface area contributed by atoms with Gasteiger partial charge >= 0.3 is 0 Å². The van der Waals surface area contributed by atoms with Gasteiger partial charge in [0.05, 0.1) is 5.69 Å². The number of rotatable bonds is 3. The van der Waals surface area contributed by atoms with Gasteiger partial charge < -0.3 is 4.74 Å². The largest absolute Gasteiger partial charge is 0.478 e. The Morgan fingerprint density at radius 1 is 1.21 bits per heavy atom. The van der Waals surface area contributed by atoms with Crippen LogP contribution in [0.4, 0.5) is 0 Å². The topological polar surface area (TPSA) is 37.9 Å². The van der Waals surface area contributed by atoms with E-state index < -0.39 is 0 Å². The fourth-order valence-corrected chi connectivity index (χ4v) is 1.34. The fraction of sp³-hybridized carbons (Fsp3) is 0.100. The molecule has 2 aromatic rings. The summed E-state index contributed by atoms with van der Waals surface area (Å²) in [4.78, 5) is 0. The van der Waals surface area contributed by atoms with Crippen molar-refractivity contribution in [1.82, 2.24) is 10.2 Å². The van der Waals surface area contributed by atoms with Crippen LogP contribution in [0.15, 0.2) is 36.5 Å². The number of H-pyrrole nitrogens is 1. The summed E-state index contributed by atoms with van der Waals surface area (Å²) in [5, 5.41) is 6.77. The second-order valence-electron chi connectivity index (χ2n) is 2.75. The second kappa shape index (κ2) is 4.15. The maximum Gasteiger partial charge on any atom is 0.162 e. The van der Waals surface area contributed by atoms with Gasteiger partial charge in [-0.25, -0.2) is 0 Å². The van der Waals surface area contributed by atoms with Gasteiger partial charge in [0.2, 0.25) is 0 Å². The highest BCUT2D eigenvalue weighted by atomic mass is 35.5. The summed E-state index contributed by atoms with van der Waals surface area (Å²) >= 11 is 5.44. The van der Waals surface area contributed by atoms with Crippen LogP contribution in [-0.2, 0) is 0 Å². The molecule has 0 unspecified atom stereocenters. The monoisotopic (exact) mass is 208 g/mol. The molecule has 72 valence electrons. The number of hydrogen-bond acceptors (Lipinski definition) is 2. The molecule has 0 atom stereocenters. The summed E-state index contributed by atoms with van der Waals surface area (Å²) < 4.78 is 5.12. The first kappa shape index (κ1) is 9.09. The molecule has 0 saturated carbocycles. The van der Waals surface area contributed by atoms with Crippen LogP contribution in [-0.4, -0.2) is 16.3 Å². The molecular formula is C10H9ClN2O. The van der Waals surface area contributed by atoms with Crippen LogP contribution in [0.5, 0.6) is 5.75 Å². The summed E-state index contributed by atoms with van der Waals surface area (Å²) in [6.45, 7) is 0. The molecule has 1 aromatic heterocycles. The van der Waals surface area contributed by atoms with E-state index in [-0.39, 0.29) is 6.07 Å².